The SMILES string of the molecule is CCC(C)N1CCCC1.CCNC. The molecule has 1 aliphatic heterocycles. The van der Waals surface area contributed by atoms with Gasteiger partial charge in [0.2, 0.25) is 0 Å². The molecule has 0 amide bonds. The van der Waals surface area contributed by atoms with Gasteiger partial charge in [0.05, 0.1) is 0 Å². The van der Waals surface area contributed by atoms with E-state index in [1.165, 1.54) is 32.4 Å². The zero-order valence-electron chi connectivity index (χ0n) is 9.77. The van der Waals surface area contributed by atoms with Gasteiger partial charge in [-0.25, -0.2) is 0 Å². The van der Waals surface area contributed by atoms with Crippen molar-refractivity contribution in [1.29, 1.82) is 0 Å². The van der Waals surface area contributed by atoms with E-state index in [4.69, 9.17) is 0 Å². The van der Waals surface area contributed by atoms with Crippen LogP contribution in [0.4, 0.5) is 0 Å². The largest absolute Gasteiger partial charge is 0.320 e. The molecule has 0 spiro atoms. The predicted molar refractivity (Wildman–Crippen MR) is 60.2 cm³/mol. The van der Waals surface area contributed by atoms with Gasteiger partial charge in [0.15, 0.2) is 0 Å². The number of rotatable bonds is 3. The van der Waals surface area contributed by atoms with Crippen molar-refractivity contribution in [2.45, 2.75) is 46.1 Å². The van der Waals surface area contributed by atoms with Gasteiger partial charge in [-0.1, -0.05) is 13.8 Å². The summed E-state index contributed by atoms with van der Waals surface area (Å²) in [7, 11) is 1.93. The summed E-state index contributed by atoms with van der Waals surface area (Å²) in [5, 5.41) is 2.93. The molecule has 13 heavy (non-hydrogen) atoms. The number of hydrogen-bond donors (Lipinski definition) is 1. The van der Waals surface area contributed by atoms with Crippen molar-refractivity contribution < 1.29 is 0 Å². The van der Waals surface area contributed by atoms with Crippen molar-refractivity contribution in [3.63, 3.8) is 0 Å². The van der Waals surface area contributed by atoms with Crippen molar-refractivity contribution in [1.82, 2.24) is 10.2 Å². The third kappa shape index (κ3) is 6.05. The average Bonchev–Trinajstić information content (AvgIpc) is 2.70. The van der Waals surface area contributed by atoms with Crippen LogP contribution in [0, 0.1) is 0 Å². The Morgan fingerprint density at radius 2 is 1.69 bits per heavy atom. The van der Waals surface area contributed by atoms with Crippen molar-refractivity contribution in [2.24, 2.45) is 0 Å². The molecular formula is C11H26N2. The van der Waals surface area contributed by atoms with Crippen molar-refractivity contribution in [3.8, 4) is 0 Å². The van der Waals surface area contributed by atoms with Gasteiger partial charge in [-0.05, 0) is 52.9 Å². The highest BCUT2D eigenvalue weighted by Crippen LogP contribution is 2.12. The Bertz CT molecular complexity index is 96.3. The fraction of sp³-hybridized carbons (Fsp3) is 1.00. The van der Waals surface area contributed by atoms with Crippen LogP contribution in [0.3, 0.4) is 0 Å². The molecule has 80 valence electrons. The first-order valence-electron chi connectivity index (χ1n) is 5.64. The molecule has 1 N–H and O–H groups in total. The molecule has 1 unspecified atom stereocenters. The van der Waals surface area contributed by atoms with Gasteiger partial charge < -0.3 is 10.2 Å². The molecular weight excluding hydrogens is 160 g/mol. The zero-order valence-corrected chi connectivity index (χ0v) is 9.77. The van der Waals surface area contributed by atoms with Crippen LogP contribution in [0.5, 0.6) is 0 Å². The first kappa shape index (κ1) is 12.9. The summed E-state index contributed by atoms with van der Waals surface area (Å²) in [6.45, 7) is 10.4. The molecule has 1 rings (SSSR count). The van der Waals surface area contributed by atoms with Gasteiger partial charge in [-0.2, -0.15) is 0 Å². The molecule has 1 fully saturated rings. The Kier molecular flexibility index (Phi) is 8.46. The van der Waals surface area contributed by atoms with E-state index in [-0.39, 0.29) is 0 Å². The van der Waals surface area contributed by atoms with Crippen LogP contribution >= 0.6 is 0 Å². The molecule has 2 heteroatoms. The van der Waals surface area contributed by atoms with Crippen molar-refractivity contribution >= 4 is 0 Å². The first-order valence-corrected chi connectivity index (χ1v) is 5.64. The number of nitrogens with zero attached hydrogens (tertiary/aromatic N) is 1. The van der Waals surface area contributed by atoms with Gasteiger partial charge in [-0.15, -0.1) is 0 Å². The highest BCUT2D eigenvalue weighted by atomic mass is 15.2. The molecule has 0 aromatic carbocycles. The van der Waals surface area contributed by atoms with Crippen LogP contribution in [-0.4, -0.2) is 37.6 Å². The fourth-order valence-corrected chi connectivity index (χ4v) is 1.44. The molecule has 0 radical (unpaired) electrons. The van der Waals surface area contributed by atoms with Crippen LogP contribution in [0.1, 0.15) is 40.0 Å². The second-order valence-corrected chi connectivity index (χ2v) is 3.71. The van der Waals surface area contributed by atoms with E-state index in [1.807, 2.05) is 7.05 Å². The minimum absolute atomic E-state index is 0.826. The predicted octanol–water partition coefficient (Wildman–Crippen LogP) is 2.11. The molecule has 0 aromatic rings. The summed E-state index contributed by atoms with van der Waals surface area (Å²) in [4.78, 5) is 2.58. The maximum absolute atomic E-state index is 2.93. The summed E-state index contributed by atoms with van der Waals surface area (Å²) < 4.78 is 0. The number of hydrogen-bond acceptors (Lipinski definition) is 2. The Morgan fingerprint density at radius 3 is 2.00 bits per heavy atom. The van der Waals surface area contributed by atoms with E-state index in [9.17, 15) is 0 Å². The fourth-order valence-electron chi connectivity index (χ4n) is 1.44. The molecule has 2 nitrogen and oxygen atoms in total. The summed E-state index contributed by atoms with van der Waals surface area (Å²) in [6, 6.07) is 0.826. The van der Waals surface area contributed by atoms with Crippen molar-refractivity contribution in [3.05, 3.63) is 0 Å². The van der Waals surface area contributed by atoms with E-state index in [2.05, 4.69) is 31.0 Å². The van der Waals surface area contributed by atoms with E-state index >= 15 is 0 Å². The van der Waals surface area contributed by atoms with Crippen LogP contribution in [-0.2, 0) is 0 Å². The Morgan fingerprint density at radius 1 is 1.23 bits per heavy atom. The van der Waals surface area contributed by atoms with Gasteiger partial charge in [0.1, 0.15) is 0 Å². The Hall–Kier alpha value is -0.0800. The molecule has 1 atom stereocenters. The smallest absolute Gasteiger partial charge is 0.00643 e. The molecule has 0 bridgehead atoms. The molecule has 0 aliphatic carbocycles. The van der Waals surface area contributed by atoms with Gasteiger partial charge in [0, 0.05) is 6.04 Å². The maximum atomic E-state index is 2.93. The first-order chi connectivity index (χ1) is 6.26. The van der Waals surface area contributed by atoms with E-state index in [0.717, 1.165) is 12.6 Å². The second-order valence-electron chi connectivity index (χ2n) is 3.71. The van der Waals surface area contributed by atoms with Gasteiger partial charge in [-0.3, -0.25) is 0 Å². The van der Waals surface area contributed by atoms with Gasteiger partial charge >= 0.3 is 0 Å². The molecule has 0 aromatic heterocycles. The van der Waals surface area contributed by atoms with Gasteiger partial charge in [0.25, 0.3) is 0 Å². The zero-order chi connectivity index (χ0) is 10.1. The summed E-state index contributed by atoms with van der Waals surface area (Å²) in [6.07, 6.45) is 4.15. The van der Waals surface area contributed by atoms with Crippen LogP contribution in [0.2, 0.25) is 0 Å². The second kappa shape index (κ2) is 8.52. The van der Waals surface area contributed by atoms with E-state index in [0.29, 0.717) is 0 Å². The minimum Gasteiger partial charge on any atom is -0.320 e. The quantitative estimate of drug-likeness (QED) is 0.726. The minimum atomic E-state index is 0.826. The maximum Gasteiger partial charge on any atom is 0.00643 e. The van der Waals surface area contributed by atoms with Crippen LogP contribution < -0.4 is 5.32 Å². The molecule has 1 heterocycles. The number of likely N-dealkylation sites (tertiary alicyclic amines) is 1. The summed E-state index contributed by atoms with van der Waals surface area (Å²) in [5.74, 6) is 0. The Balaban J connectivity index is 0.000000310. The average molecular weight is 186 g/mol. The monoisotopic (exact) mass is 186 g/mol. The lowest BCUT2D eigenvalue weighted by Gasteiger charge is -2.21. The van der Waals surface area contributed by atoms with E-state index < -0.39 is 0 Å². The lowest BCUT2D eigenvalue weighted by atomic mass is 10.2. The van der Waals surface area contributed by atoms with E-state index in [1.54, 1.807) is 0 Å². The normalized spacial score (nSPS) is 19.4. The molecule has 1 saturated heterocycles. The van der Waals surface area contributed by atoms with Crippen molar-refractivity contribution in [2.75, 3.05) is 26.7 Å². The topological polar surface area (TPSA) is 15.3 Å². The number of nitrogens with one attached hydrogen (secondary N) is 1. The third-order valence-corrected chi connectivity index (χ3v) is 2.71. The lowest BCUT2D eigenvalue weighted by Crippen LogP contribution is -2.29. The summed E-state index contributed by atoms with van der Waals surface area (Å²) >= 11 is 0. The molecule has 0 saturated carbocycles. The molecule has 1 aliphatic rings. The Labute approximate surface area is 83.7 Å². The standard InChI is InChI=1S/C8H17N.C3H9N/c1-3-8(2)9-6-4-5-7-9;1-3-4-2/h8H,3-7H2,1-2H3;4H,3H2,1-2H3. The lowest BCUT2D eigenvalue weighted by molar-refractivity contribution is 0.253. The summed E-state index contributed by atoms with van der Waals surface area (Å²) in [5.41, 5.74) is 0. The van der Waals surface area contributed by atoms with Crippen LogP contribution in [0.25, 0.3) is 0 Å². The van der Waals surface area contributed by atoms with Crippen LogP contribution in [0.15, 0.2) is 0 Å². The highest BCUT2D eigenvalue weighted by Gasteiger charge is 2.15. The highest BCUT2D eigenvalue weighted by molar-refractivity contribution is 4.71. The third-order valence-electron chi connectivity index (χ3n) is 2.71.